The molecule has 0 spiro atoms. The minimum Gasteiger partial charge on any atom is -0.462 e. The van der Waals surface area contributed by atoms with Crippen molar-refractivity contribution < 1.29 is 80.2 Å². The molecule has 17 nitrogen and oxygen atoms in total. The average Bonchev–Trinajstić information content (AvgIpc) is 3.34. The van der Waals surface area contributed by atoms with Crippen LogP contribution >= 0.6 is 15.6 Å². The average molecular weight is 1340 g/mol. The van der Waals surface area contributed by atoms with E-state index in [0.29, 0.717) is 31.6 Å². The smallest absolute Gasteiger partial charge is 0.462 e. The van der Waals surface area contributed by atoms with Crippen molar-refractivity contribution in [2.75, 3.05) is 39.6 Å². The zero-order chi connectivity index (χ0) is 67.2. The predicted octanol–water partition coefficient (Wildman–Crippen LogP) is 20.8. The Kier molecular flexibility index (Phi) is 62.7. The van der Waals surface area contributed by atoms with Gasteiger partial charge in [-0.15, -0.1) is 0 Å². The predicted molar refractivity (Wildman–Crippen MR) is 368 cm³/mol. The maximum absolute atomic E-state index is 13.0. The summed E-state index contributed by atoms with van der Waals surface area (Å²) < 4.78 is 68.3. The summed E-state index contributed by atoms with van der Waals surface area (Å²) in [6.07, 6.45) is 50.0. The van der Waals surface area contributed by atoms with Gasteiger partial charge in [0.15, 0.2) is 12.2 Å². The van der Waals surface area contributed by atoms with Gasteiger partial charge in [-0.1, -0.05) is 318 Å². The number of aliphatic hydroxyl groups is 1. The van der Waals surface area contributed by atoms with Crippen LogP contribution in [0.25, 0.3) is 0 Å². The van der Waals surface area contributed by atoms with E-state index >= 15 is 0 Å². The van der Waals surface area contributed by atoms with Gasteiger partial charge in [-0.2, -0.15) is 0 Å². The molecule has 0 aliphatic heterocycles. The van der Waals surface area contributed by atoms with Crippen molar-refractivity contribution in [3.63, 3.8) is 0 Å². The third-order valence-electron chi connectivity index (χ3n) is 16.7. The second-order valence-corrected chi connectivity index (χ2v) is 29.8. The Labute approximate surface area is 556 Å². The summed E-state index contributed by atoms with van der Waals surface area (Å²) in [6, 6.07) is 0. The lowest BCUT2D eigenvalue weighted by atomic mass is 10.0. The number of unbranched alkanes of at least 4 members (excludes halogenated alkanes) is 41. The maximum Gasteiger partial charge on any atom is 0.472 e. The number of ether oxygens (including phenoxy) is 4. The molecule has 5 atom stereocenters. The molecule has 0 radical (unpaired) electrons. The Bertz CT molecular complexity index is 1770. The molecule has 0 aliphatic rings. The van der Waals surface area contributed by atoms with Crippen molar-refractivity contribution in [3.8, 4) is 0 Å². The van der Waals surface area contributed by atoms with Gasteiger partial charge in [0.1, 0.15) is 19.3 Å². The van der Waals surface area contributed by atoms with E-state index in [0.717, 1.165) is 102 Å². The lowest BCUT2D eigenvalue weighted by molar-refractivity contribution is -0.161. The summed E-state index contributed by atoms with van der Waals surface area (Å²) in [5, 5.41) is 10.6. The van der Waals surface area contributed by atoms with Crippen molar-refractivity contribution in [2.45, 2.75) is 387 Å². The number of phosphoric acid groups is 2. The molecule has 0 saturated heterocycles. The highest BCUT2D eigenvalue weighted by molar-refractivity contribution is 7.47. The minimum atomic E-state index is -4.95. The number of aliphatic hydroxyl groups excluding tert-OH is 1. The molecule has 0 bridgehead atoms. The fourth-order valence-electron chi connectivity index (χ4n) is 10.9. The van der Waals surface area contributed by atoms with E-state index in [1.165, 1.54) is 180 Å². The Balaban J connectivity index is 5.23. The molecular weight excluding hydrogens is 1200 g/mol. The van der Waals surface area contributed by atoms with Gasteiger partial charge in [0, 0.05) is 25.7 Å². The lowest BCUT2D eigenvalue weighted by Gasteiger charge is -2.21. The van der Waals surface area contributed by atoms with Gasteiger partial charge in [-0.25, -0.2) is 9.13 Å². The molecule has 0 rings (SSSR count). The number of hydrogen-bond acceptors (Lipinski definition) is 15. The van der Waals surface area contributed by atoms with Crippen LogP contribution in [0.3, 0.4) is 0 Å². The van der Waals surface area contributed by atoms with E-state index in [4.69, 9.17) is 37.0 Å². The van der Waals surface area contributed by atoms with Crippen LogP contribution in [0.2, 0.25) is 0 Å². The van der Waals surface area contributed by atoms with Crippen LogP contribution in [0.4, 0.5) is 0 Å². The van der Waals surface area contributed by atoms with Gasteiger partial charge in [-0.3, -0.25) is 37.3 Å². The summed E-state index contributed by atoms with van der Waals surface area (Å²) in [4.78, 5) is 72.6. The van der Waals surface area contributed by atoms with Crippen LogP contribution in [0.1, 0.15) is 369 Å². The van der Waals surface area contributed by atoms with Gasteiger partial charge < -0.3 is 33.8 Å². The molecule has 540 valence electrons. The van der Waals surface area contributed by atoms with Gasteiger partial charge >= 0.3 is 39.5 Å². The SMILES string of the molecule is CCCCCCCCCCCCCCCCCC(=O)OC[C@H](COP(=O)(O)OC[C@@H](O)COP(=O)(O)OC[C@@H](COC(=O)CCCCCCCCC(C)C)OC(=O)CCCCCCCCCCCCC)OC(=O)CCCCCCCCCCCCCCCC(C)C. The van der Waals surface area contributed by atoms with Crippen LogP contribution in [0.5, 0.6) is 0 Å². The van der Waals surface area contributed by atoms with Gasteiger partial charge in [0.2, 0.25) is 0 Å². The quantitative estimate of drug-likeness (QED) is 0.0222. The molecule has 0 saturated carbocycles. The van der Waals surface area contributed by atoms with Gasteiger partial charge in [-0.05, 0) is 37.5 Å². The van der Waals surface area contributed by atoms with Crippen molar-refractivity contribution in [1.82, 2.24) is 0 Å². The summed E-state index contributed by atoms with van der Waals surface area (Å²) in [5.74, 6) is -0.655. The largest absolute Gasteiger partial charge is 0.472 e. The first-order valence-corrected chi connectivity index (χ1v) is 40.5. The Morgan fingerprint density at radius 2 is 0.505 bits per heavy atom. The van der Waals surface area contributed by atoms with E-state index in [-0.39, 0.29) is 25.7 Å². The van der Waals surface area contributed by atoms with Crippen LogP contribution in [0.15, 0.2) is 0 Å². The summed E-state index contributed by atoms with van der Waals surface area (Å²) >= 11 is 0. The molecule has 2 unspecified atom stereocenters. The lowest BCUT2D eigenvalue weighted by Crippen LogP contribution is -2.30. The third kappa shape index (κ3) is 66.5. The maximum atomic E-state index is 13.0. The van der Waals surface area contributed by atoms with Crippen LogP contribution in [-0.2, 0) is 65.4 Å². The first-order valence-electron chi connectivity index (χ1n) is 37.5. The van der Waals surface area contributed by atoms with Crippen molar-refractivity contribution in [2.24, 2.45) is 11.8 Å². The van der Waals surface area contributed by atoms with E-state index in [2.05, 4.69) is 41.5 Å². The van der Waals surface area contributed by atoms with Gasteiger partial charge in [0.05, 0.1) is 26.4 Å². The number of carbonyl (C=O) groups excluding carboxylic acids is 4. The van der Waals surface area contributed by atoms with E-state index in [1.807, 2.05) is 0 Å². The van der Waals surface area contributed by atoms with Crippen molar-refractivity contribution in [3.05, 3.63) is 0 Å². The molecule has 19 heteroatoms. The first kappa shape index (κ1) is 89.1. The first-order chi connectivity index (χ1) is 43.9. The Hall–Kier alpha value is -1.94. The number of carbonyl (C=O) groups is 4. The molecule has 0 amide bonds. The van der Waals surface area contributed by atoms with Crippen LogP contribution < -0.4 is 0 Å². The van der Waals surface area contributed by atoms with E-state index in [1.54, 1.807) is 0 Å². The summed E-state index contributed by atoms with van der Waals surface area (Å²) in [7, 11) is -9.90. The van der Waals surface area contributed by atoms with Crippen molar-refractivity contribution >= 4 is 39.5 Å². The molecule has 0 fully saturated rings. The third-order valence-corrected chi connectivity index (χ3v) is 18.6. The molecule has 0 aromatic heterocycles. The normalized spacial score (nSPS) is 14.1. The zero-order valence-electron chi connectivity index (χ0n) is 59.1. The summed E-state index contributed by atoms with van der Waals surface area (Å²) in [6.45, 7) is 9.50. The highest BCUT2D eigenvalue weighted by Gasteiger charge is 2.30. The zero-order valence-corrected chi connectivity index (χ0v) is 60.9. The minimum absolute atomic E-state index is 0.106. The van der Waals surface area contributed by atoms with Gasteiger partial charge in [0.25, 0.3) is 0 Å². The highest BCUT2D eigenvalue weighted by atomic mass is 31.2. The molecular formula is C72H140O17P2. The van der Waals surface area contributed by atoms with E-state index in [9.17, 15) is 43.2 Å². The Morgan fingerprint density at radius 1 is 0.297 bits per heavy atom. The van der Waals surface area contributed by atoms with E-state index < -0.39 is 97.5 Å². The molecule has 0 heterocycles. The number of rotatable bonds is 71. The van der Waals surface area contributed by atoms with Crippen LogP contribution in [0, 0.1) is 11.8 Å². The molecule has 0 aromatic carbocycles. The monoisotopic (exact) mass is 1340 g/mol. The van der Waals surface area contributed by atoms with Crippen LogP contribution in [-0.4, -0.2) is 96.7 Å². The standard InChI is InChI=1S/C72H140O17P2/c1-7-9-11-13-15-17-19-20-21-24-28-31-35-42-48-54-69(74)82-60-67(88-72(77)57-51-45-37-33-29-25-22-23-27-30-34-40-46-52-64(3)4)62-86-90(78,79)84-58-66(73)59-85-91(80,81)87-63-68(61-83-70(75)55-49-43-39-38-41-47-53-65(5)6)89-71(76)56-50-44-36-32-26-18-16-14-12-10-8-2/h64-68,73H,7-63H2,1-6H3,(H,78,79)(H,80,81)/t66-,67-,68-/m1/s1. The topological polar surface area (TPSA) is 237 Å². The van der Waals surface area contributed by atoms with Crippen molar-refractivity contribution in [1.29, 1.82) is 0 Å². The summed E-state index contributed by atoms with van der Waals surface area (Å²) in [5.41, 5.74) is 0. The second kappa shape index (κ2) is 64.1. The fraction of sp³-hybridized carbons (Fsp3) is 0.944. The molecule has 91 heavy (non-hydrogen) atoms. The Morgan fingerprint density at radius 3 is 0.747 bits per heavy atom. The number of hydrogen-bond donors (Lipinski definition) is 3. The second-order valence-electron chi connectivity index (χ2n) is 26.9. The molecule has 3 N–H and O–H groups in total. The number of esters is 4. The highest BCUT2D eigenvalue weighted by Crippen LogP contribution is 2.45. The molecule has 0 aliphatic carbocycles. The molecule has 0 aromatic rings. The fourth-order valence-corrected chi connectivity index (χ4v) is 12.5. The number of phosphoric ester groups is 2.